The Hall–Kier alpha value is -0.570. The van der Waals surface area contributed by atoms with E-state index in [1.54, 1.807) is 6.92 Å². The summed E-state index contributed by atoms with van der Waals surface area (Å²) in [4.78, 5) is 12.8. The molecule has 0 saturated carbocycles. The number of rotatable bonds is 3. The van der Waals surface area contributed by atoms with Crippen LogP contribution in [0.2, 0.25) is 0 Å². The predicted molar refractivity (Wildman–Crippen MR) is 51.7 cm³/mol. The van der Waals surface area contributed by atoms with Crippen LogP contribution in [0, 0.1) is 5.92 Å². The van der Waals surface area contributed by atoms with Gasteiger partial charge in [0, 0.05) is 6.54 Å². The molecule has 0 aromatic carbocycles. The number of aliphatic carboxylic acids is 1. The summed E-state index contributed by atoms with van der Waals surface area (Å²) >= 11 is 0. The molecule has 1 rings (SSSR count). The molecule has 1 N–H and O–H groups in total. The van der Waals surface area contributed by atoms with E-state index in [0.29, 0.717) is 5.92 Å². The molecule has 0 amide bonds. The quantitative estimate of drug-likeness (QED) is 0.725. The van der Waals surface area contributed by atoms with Crippen LogP contribution in [0.3, 0.4) is 0 Å². The summed E-state index contributed by atoms with van der Waals surface area (Å²) in [5.74, 6) is 0.00676. The monoisotopic (exact) mass is 185 g/mol. The SMILES string of the molecule is CCC1CCCN(C(C)C(=O)O)C1. The highest BCUT2D eigenvalue weighted by atomic mass is 16.4. The van der Waals surface area contributed by atoms with Gasteiger partial charge in [0.2, 0.25) is 0 Å². The fourth-order valence-electron chi connectivity index (χ4n) is 1.94. The van der Waals surface area contributed by atoms with Gasteiger partial charge >= 0.3 is 5.97 Å². The predicted octanol–water partition coefficient (Wildman–Crippen LogP) is 1.58. The molecule has 3 nitrogen and oxygen atoms in total. The third-order valence-electron chi connectivity index (χ3n) is 3.03. The Morgan fingerprint density at radius 2 is 2.38 bits per heavy atom. The van der Waals surface area contributed by atoms with Crippen LogP contribution in [0.4, 0.5) is 0 Å². The lowest BCUT2D eigenvalue weighted by Crippen LogP contribution is -2.44. The largest absolute Gasteiger partial charge is 0.480 e. The van der Waals surface area contributed by atoms with Crippen molar-refractivity contribution in [1.29, 1.82) is 0 Å². The maximum Gasteiger partial charge on any atom is 0.320 e. The van der Waals surface area contributed by atoms with Crippen molar-refractivity contribution >= 4 is 5.97 Å². The van der Waals surface area contributed by atoms with Gasteiger partial charge in [-0.15, -0.1) is 0 Å². The first kappa shape index (κ1) is 10.5. The molecule has 0 aliphatic carbocycles. The normalized spacial score (nSPS) is 27.1. The van der Waals surface area contributed by atoms with Gasteiger partial charge in [-0.05, 0) is 32.2 Å². The van der Waals surface area contributed by atoms with Gasteiger partial charge in [0.1, 0.15) is 6.04 Å². The number of carbonyl (C=O) groups is 1. The minimum atomic E-state index is -0.697. The van der Waals surface area contributed by atoms with E-state index in [4.69, 9.17) is 5.11 Å². The Balaban J connectivity index is 2.46. The highest BCUT2D eigenvalue weighted by Gasteiger charge is 2.25. The highest BCUT2D eigenvalue weighted by Crippen LogP contribution is 2.20. The molecule has 1 aliphatic heterocycles. The van der Waals surface area contributed by atoms with Gasteiger partial charge in [-0.25, -0.2) is 0 Å². The second kappa shape index (κ2) is 4.61. The highest BCUT2D eigenvalue weighted by molar-refractivity contribution is 5.72. The summed E-state index contributed by atoms with van der Waals surface area (Å²) in [5.41, 5.74) is 0. The molecule has 0 spiro atoms. The number of hydrogen-bond acceptors (Lipinski definition) is 2. The molecule has 1 heterocycles. The molecule has 13 heavy (non-hydrogen) atoms. The number of hydrogen-bond donors (Lipinski definition) is 1. The minimum Gasteiger partial charge on any atom is -0.480 e. The van der Waals surface area contributed by atoms with Gasteiger partial charge in [-0.3, -0.25) is 9.69 Å². The first-order valence-corrected chi connectivity index (χ1v) is 5.12. The Labute approximate surface area is 79.7 Å². The van der Waals surface area contributed by atoms with E-state index in [9.17, 15) is 4.79 Å². The second-order valence-corrected chi connectivity index (χ2v) is 3.93. The fraction of sp³-hybridized carbons (Fsp3) is 0.900. The van der Waals surface area contributed by atoms with Crippen molar-refractivity contribution in [3.05, 3.63) is 0 Å². The first-order valence-electron chi connectivity index (χ1n) is 5.12. The van der Waals surface area contributed by atoms with E-state index < -0.39 is 5.97 Å². The van der Waals surface area contributed by atoms with Gasteiger partial charge < -0.3 is 5.11 Å². The van der Waals surface area contributed by atoms with Gasteiger partial charge in [0.25, 0.3) is 0 Å². The smallest absolute Gasteiger partial charge is 0.320 e. The summed E-state index contributed by atoms with van der Waals surface area (Å²) in [6.07, 6.45) is 3.58. The summed E-state index contributed by atoms with van der Waals surface area (Å²) in [7, 11) is 0. The molecule has 0 radical (unpaired) electrons. The minimum absolute atomic E-state index is 0.311. The molecular weight excluding hydrogens is 166 g/mol. The molecule has 3 heteroatoms. The lowest BCUT2D eigenvalue weighted by Gasteiger charge is -2.34. The van der Waals surface area contributed by atoms with Gasteiger partial charge in [0.15, 0.2) is 0 Å². The van der Waals surface area contributed by atoms with Crippen LogP contribution in [0.25, 0.3) is 0 Å². The van der Waals surface area contributed by atoms with Crippen molar-refractivity contribution in [3.8, 4) is 0 Å². The van der Waals surface area contributed by atoms with E-state index >= 15 is 0 Å². The molecule has 0 aromatic rings. The number of carboxylic acids is 1. The maximum absolute atomic E-state index is 10.8. The van der Waals surface area contributed by atoms with Crippen LogP contribution >= 0.6 is 0 Å². The van der Waals surface area contributed by atoms with E-state index in [1.165, 1.54) is 12.8 Å². The van der Waals surface area contributed by atoms with Crippen LogP contribution in [0.1, 0.15) is 33.1 Å². The Morgan fingerprint density at radius 1 is 1.69 bits per heavy atom. The molecular formula is C10H19NO2. The molecule has 76 valence electrons. The van der Waals surface area contributed by atoms with Gasteiger partial charge in [-0.1, -0.05) is 13.3 Å². The summed E-state index contributed by atoms with van der Waals surface area (Å²) in [5, 5.41) is 8.85. The van der Waals surface area contributed by atoms with E-state index in [-0.39, 0.29) is 6.04 Å². The van der Waals surface area contributed by atoms with Crippen molar-refractivity contribution in [2.75, 3.05) is 13.1 Å². The van der Waals surface area contributed by atoms with E-state index in [1.807, 2.05) is 0 Å². The summed E-state index contributed by atoms with van der Waals surface area (Å²) in [6, 6.07) is -0.311. The van der Waals surface area contributed by atoms with Crippen molar-refractivity contribution in [2.24, 2.45) is 5.92 Å². The lowest BCUT2D eigenvalue weighted by atomic mass is 9.95. The summed E-state index contributed by atoms with van der Waals surface area (Å²) < 4.78 is 0. The van der Waals surface area contributed by atoms with Crippen molar-refractivity contribution in [3.63, 3.8) is 0 Å². The van der Waals surface area contributed by atoms with E-state index in [2.05, 4.69) is 11.8 Å². The zero-order valence-corrected chi connectivity index (χ0v) is 8.49. The van der Waals surface area contributed by atoms with Crippen molar-refractivity contribution < 1.29 is 9.90 Å². The topological polar surface area (TPSA) is 40.5 Å². The number of piperidine rings is 1. The van der Waals surface area contributed by atoms with Crippen molar-refractivity contribution in [1.82, 2.24) is 4.90 Å². The Kier molecular flexibility index (Phi) is 3.72. The van der Waals surface area contributed by atoms with Crippen LogP contribution in [-0.4, -0.2) is 35.1 Å². The molecule has 1 fully saturated rings. The molecule has 0 bridgehead atoms. The lowest BCUT2D eigenvalue weighted by molar-refractivity contribution is -0.143. The number of nitrogens with zero attached hydrogens (tertiary/aromatic N) is 1. The fourth-order valence-corrected chi connectivity index (χ4v) is 1.94. The standard InChI is InChI=1S/C10H19NO2/c1-3-9-5-4-6-11(7-9)8(2)10(12)13/h8-9H,3-7H2,1-2H3,(H,12,13). The van der Waals surface area contributed by atoms with Crippen LogP contribution in [0.5, 0.6) is 0 Å². The average Bonchev–Trinajstić information content (AvgIpc) is 2.16. The average molecular weight is 185 g/mol. The molecule has 1 saturated heterocycles. The summed E-state index contributed by atoms with van der Waals surface area (Å²) in [6.45, 7) is 5.87. The van der Waals surface area contributed by atoms with Crippen LogP contribution in [0.15, 0.2) is 0 Å². The van der Waals surface area contributed by atoms with Crippen LogP contribution < -0.4 is 0 Å². The molecule has 1 aliphatic rings. The van der Waals surface area contributed by atoms with Crippen molar-refractivity contribution in [2.45, 2.75) is 39.2 Å². The van der Waals surface area contributed by atoms with Gasteiger partial charge in [-0.2, -0.15) is 0 Å². The van der Waals surface area contributed by atoms with Crippen LogP contribution in [-0.2, 0) is 4.79 Å². The third-order valence-corrected chi connectivity index (χ3v) is 3.03. The maximum atomic E-state index is 10.8. The third kappa shape index (κ3) is 2.69. The molecule has 2 unspecified atom stereocenters. The zero-order valence-electron chi connectivity index (χ0n) is 8.49. The molecule has 0 aromatic heterocycles. The Morgan fingerprint density at radius 3 is 2.92 bits per heavy atom. The number of likely N-dealkylation sites (tertiary alicyclic amines) is 1. The van der Waals surface area contributed by atoms with E-state index in [0.717, 1.165) is 19.5 Å². The number of carboxylic acid groups (broad SMARTS) is 1. The Bertz CT molecular complexity index is 182. The first-order chi connectivity index (χ1) is 6.15. The second-order valence-electron chi connectivity index (χ2n) is 3.93. The van der Waals surface area contributed by atoms with Gasteiger partial charge in [0.05, 0.1) is 0 Å². The zero-order chi connectivity index (χ0) is 9.84. The molecule has 2 atom stereocenters.